The summed E-state index contributed by atoms with van der Waals surface area (Å²) in [5.41, 5.74) is 1.09. The lowest BCUT2D eigenvalue weighted by molar-refractivity contribution is -0.126. The van der Waals surface area contributed by atoms with Crippen molar-refractivity contribution in [3.8, 4) is 5.75 Å². The van der Waals surface area contributed by atoms with Gasteiger partial charge < -0.3 is 19.7 Å². The van der Waals surface area contributed by atoms with Crippen LogP contribution in [0.4, 0.5) is 4.79 Å². The summed E-state index contributed by atoms with van der Waals surface area (Å²) in [5, 5.41) is 3.17. The lowest BCUT2D eigenvalue weighted by Gasteiger charge is -2.32. The Bertz CT molecular complexity index is 611. The summed E-state index contributed by atoms with van der Waals surface area (Å²) in [6, 6.07) is 8.04. The van der Waals surface area contributed by atoms with Gasteiger partial charge in [-0.15, -0.1) is 0 Å². The number of carbonyl (C=O) groups excluding carboxylic acids is 2. The zero-order valence-corrected chi connectivity index (χ0v) is 14.7. The predicted molar refractivity (Wildman–Crippen MR) is 93.5 cm³/mol. The Labute approximate surface area is 148 Å². The van der Waals surface area contributed by atoms with E-state index in [4.69, 9.17) is 9.47 Å². The minimum atomic E-state index is -0.259. The van der Waals surface area contributed by atoms with Crippen LogP contribution in [0.25, 0.3) is 0 Å². The topological polar surface area (TPSA) is 67.9 Å². The number of benzene rings is 1. The second-order valence-electron chi connectivity index (χ2n) is 6.61. The average molecular weight is 346 g/mol. The third kappa shape index (κ3) is 4.44. The molecule has 1 atom stereocenters. The highest BCUT2D eigenvalue weighted by Gasteiger charge is 2.28. The fourth-order valence-corrected chi connectivity index (χ4v) is 3.46. The number of hydrogen-bond donors (Lipinski definition) is 1. The lowest BCUT2D eigenvalue weighted by atomic mass is 9.95. The van der Waals surface area contributed by atoms with Gasteiger partial charge in [-0.25, -0.2) is 4.79 Å². The first kappa shape index (κ1) is 17.6. The maximum absolute atomic E-state index is 12.7. The van der Waals surface area contributed by atoms with Gasteiger partial charge in [-0.2, -0.15) is 0 Å². The van der Waals surface area contributed by atoms with E-state index in [-0.39, 0.29) is 24.0 Å². The minimum absolute atomic E-state index is 0.0632. The van der Waals surface area contributed by atoms with Crippen LogP contribution in [0.15, 0.2) is 24.3 Å². The number of rotatable bonds is 3. The smallest absolute Gasteiger partial charge is 0.409 e. The van der Waals surface area contributed by atoms with E-state index in [1.54, 1.807) is 11.8 Å². The van der Waals surface area contributed by atoms with Gasteiger partial charge in [0.1, 0.15) is 5.75 Å². The van der Waals surface area contributed by atoms with Crippen molar-refractivity contribution in [2.45, 2.75) is 38.6 Å². The number of nitrogens with one attached hydrogen (secondary N) is 1. The number of likely N-dealkylation sites (tertiary alicyclic amines) is 1. The molecule has 0 aromatic heterocycles. The summed E-state index contributed by atoms with van der Waals surface area (Å²) >= 11 is 0. The fraction of sp³-hybridized carbons (Fsp3) is 0.579. The van der Waals surface area contributed by atoms with Crippen molar-refractivity contribution in [1.29, 1.82) is 0 Å². The van der Waals surface area contributed by atoms with Gasteiger partial charge in [0.15, 0.2) is 0 Å². The molecule has 0 unspecified atom stereocenters. The van der Waals surface area contributed by atoms with E-state index < -0.39 is 0 Å². The summed E-state index contributed by atoms with van der Waals surface area (Å²) in [6.45, 7) is 4.01. The predicted octanol–water partition coefficient (Wildman–Crippen LogP) is 2.36. The van der Waals surface area contributed by atoms with Crippen LogP contribution in [-0.4, -0.2) is 49.2 Å². The van der Waals surface area contributed by atoms with Gasteiger partial charge in [-0.3, -0.25) is 4.79 Å². The number of piperidine rings is 1. The monoisotopic (exact) mass is 346 g/mol. The van der Waals surface area contributed by atoms with Crippen molar-refractivity contribution < 1.29 is 19.1 Å². The first-order valence-electron chi connectivity index (χ1n) is 9.10. The Morgan fingerprint density at radius 1 is 1.24 bits per heavy atom. The second kappa shape index (κ2) is 8.23. The molecule has 2 heterocycles. The van der Waals surface area contributed by atoms with Crippen molar-refractivity contribution in [2.24, 2.45) is 5.92 Å². The minimum Gasteiger partial charge on any atom is -0.493 e. The van der Waals surface area contributed by atoms with Crippen LogP contribution >= 0.6 is 0 Å². The molecule has 2 aliphatic heterocycles. The Morgan fingerprint density at radius 2 is 2.00 bits per heavy atom. The van der Waals surface area contributed by atoms with E-state index in [0.717, 1.165) is 30.6 Å². The van der Waals surface area contributed by atoms with Gasteiger partial charge in [0.05, 0.1) is 13.2 Å². The van der Waals surface area contributed by atoms with E-state index in [2.05, 4.69) is 5.32 Å². The molecule has 2 amide bonds. The molecule has 136 valence electrons. The molecule has 0 bridgehead atoms. The quantitative estimate of drug-likeness (QED) is 0.912. The van der Waals surface area contributed by atoms with Gasteiger partial charge in [0.2, 0.25) is 5.91 Å². The molecule has 6 nitrogen and oxygen atoms in total. The molecule has 0 radical (unpaired) electrons. The lowest BCUT2D eigenvalue weighted by Crippen LogP contribution is -2.48. The van der Waals surface area contributed by atoms with Crippen molar-refractivity contribution in [3.05, 3.63) is 29.8 Å². The molecular weight excluding hydrogens is 320 g/mol. The van der Waals surface area contributed by atoms with Crippen molar-refractivity contribution >= 4 is 12.0 Å². The van der Waals surface area contributed by atoms with Crippen LogP contribution in [0.5, 0.6) is 5.75 Å². The number of para-hydroxylation sites is 1. The van der Waals surface area contributed by atoms with Gasteiger partial charge >= 0.3 is 6.09 Å². The molecule has 1 fully saturated rings. The van der Waals surface area contributed by atoms with Crippen LogP contribution < -0.4 is 10.1 Å². The first-order valence-corrected chi connectivity index (χ1v) is 9.10. The van der Waals surface area contributed by atoms with Crippen LogP contribution in [0.1, 0.15) is 31.7 Å². The van der Waals surface area contributed by atoms with Gasteiger partial charge in [0, 0.05) is 25.0 Å². The van der Waals surface area contributed by atoms with Gasteiger partial charge in [-0.1, -0.05) is 18.2 Å². The molecule has 3 rings (SSSR count). The zero-order chi connectivity index (χ0) is 17.6. The highest BCUT2D eigenvalue weighted by Crippen LogP contribution is 2.27. The van der Waals surface area contributed by atoms with E-state index in [1.165, 1.54) is 0 Å². The summed E-state index contributed by atoms with van der Waals surface area (Å²) in [7, 11) is 0. The molecule has 0 aliphatic carbocycles. The van der Waals surface area contributed by atoms with E-state index in [9.17, 15) is 9.59 Å². The molecule has 1 aromatic carbocycles. The summed E-state index contributed by atoms with van der Waals surface area (Å²) in [4.78, 5) is 26.1. The number of fused-ring (bicyclic) bond motifs is 1. The highest BCUT2D eigenvalue weighted by atomic mass is 16.6. The Morgan fingerprint density at radius 3 is 2.76 bits per heavy atom. The number of amides is 2. The third-order valence-electron chi connectivity index (χ3n) is 4.90. The van der Waals surface area contributed by atoms with E-state index in [1.807, 2.05) is 24.3 Å². The zero-order valence-electron chi connectivity index (χ0n) is 14.7. The largest absolute Gasteiger partial charge is 0.493 e. The molecule has 2 aliphatic rings. The molecule has 1 N–H and O–H groups in total. The van der Waals surface area contributed by atoms with Crippen molar-refractivity contribution in [3.63, 3.8) is 0 Å². The number of nitrogens with zero attached hydrogens (tertiary/aromatic N) is 1. The third-order valence-corrected chi connectivity index (χ3v) is 4.90. The normalized spacial score (nSPS) is 20.8. The van der Waals surface area contributed by atoms with Crippen molar-refractivity contribution in [2.75, 3.05) is 26.3 Å². The van der Waals surface area contributed by atoms with E-state index >= 15 is 0 Å². The first-order chi connectivity index (χ1) is 12.2. The molecule has 6 heteroatoms. The SMILES string of the molecule is CCOC(=O)N1CCC(NC(=O)[C@@H]2CCOc3ccccc3C2)CC1. The van der Waals surface area contributed by atoms with Crippen molar-refractivity contribution in [1.82, 2.24) is 10.2 Å². The van der Waals surface area contributed by atoms with Crippen LogP contribution in [0.2, 0.25) is 0 Å². The number of carbonyl (C=O) groups is 2. The van der Waals surface area contributed by atoms with Gasteiger partial charge in [0.25, 0.3) is 0 Å². The van der Waals surface area contributed by atoms with E-state index in [0.29, 0.717) is 32.7 Å². The second-order valence-corrected chi connectivity index (χ2v) is 6.61. The summed E-state index contributed by atoms with van der Waals surface area (Å²) < 4.78 is 10.8. The molecular formula is C19H26N2O4. The summed E-state index contributed by atoms with van der Waals surface area (Å²) in [6.07, 6.45) is 2.71. The maximum atomic E-state index is 12.7. The number of hydrogen-bond acceptors (Lipinski definition) is 4. The molecule has 0 saturated carbocycles. The highest BCUT2D eigenvalue weighted by molar-refractivity contribution is 5.79. The molecule has 0 spiro atoms. The van der Waals surface area contributed by atoms with Gasteiger partial charge in [-0.05, 0) is 44.2 Å². The maximum Gasteiger partial charge on any atom is 0.409 e. The molecule has 1 saturated heterocycles. The fourth-order valence-electron chi connectivity index (χ4n) is 3.46. The van der Waals surface area contributed by atoms with Crippen LogP contribution in [0, 0.1) is 5.92 Å². The molecule has 25 heavy (non-hydrogen) atoms. The molecule has 1 aromatic rings. The summed E-state index contributed by atoms with van der Waals surface area (Å²) in [5.74, 6) is 0.919. The Balaban J connectivity index is 1.51. The Hall–Kier alpha value is -2.24. The number of ether oxygens (including phenoxy) is 2. The van der Waals surface area contributed by atoms with Crippen LogP contribution in [-0.2, 0) is 16.0 Å². The van der Waals surface area contributed by atoms with Crippen LogP contribution in [0.3, 0.4) is 0 Å². The standard InChI is InChI=1S/C19H26N2O4/c1-2-24-19(23)21-10-7-16(8-11-21)20-18(22)15-9-12-25-17-6-4-3-5-14(17)13-15/h3-6,15-16H,2,7-13H2,1H3,(H,20,22)/t15-/m1/s1. The average Bonchev–Trinajstić information content (AvgIpc) is 2.85. The Kier molecular flexibility index (Phi) is 5.79.